The summed E-state index contributed by atoms with van der Waals surface area (Å²) in [6, 6.07) is 54.4. The van der Waals surface area contributed by atoms with E-state index in [9.17, 15) is 0 Å². The van der Waals surface area contributed by atoms with E-state index in [-0.39, 0.29) is 0 Å². The molecule has 0 aliphatic rings. The lowest BCUT2D eigenvalue weighted by Gasteiger charge is -2.28. The smallest absolute Gasteiger partial charge is 0.0656 e. The van der Waals surface area contributed by atoms with Crippen molar-refractivity contribution in [3.05, 3.63) is 156 Å². The van der Waals surface area contributed by atoms with E-state index in [1.165, 1.54) is 43.4 Å². The fourth-order valence-electron chi connectivity index (χ4n) is 6.09. The molecule has 0 saturated heterocycles. The SMILES string of the molecule is Brc1c(N(c2ccc3ccccc3c2)c2ccc3ccccc3c2)cccc1-n1c2ccccc2c2ccccc21. The Morgan fingerprint density at radius 2 is 0.927 bits per heavy atom. The predicted molar refractivity (Wildman–Crippen MR) is 178 cm³/mol. The van der Waals surface area contributed by atoms with Crippen LogP contribution in [0.3, 0.4) is 0 Å². The van der Waals surface area contributed by atoms with Crippen molar-refractivity contribution in [1.82, 2.24) is 4.57 Å². The zero-order valence-electron chi connectivity index (χ0n) is 22.2. The molecule has 0 aliphatic carbocycles. The average Bonchev–Trinajstić information content (AvgIpc) is 3.36. The van der Waals surface area contributed by atoms with E-state index >= 15 is 0 Å². The molecule has 2 nitrogen and oxygen atoms in total. The van der Waals surface area contributed by atoms with Gasteiger partial charge in [-0.25, -0.2) is 0 Å². The first kappa shape index (κ1) is 24.0. The van der Waals surface area contributed by atoms with Crippen molar-refractivity contribution < 1.29 is 0 Å². The number of fused-ring (bicyclic) bond motifs is 5. The maximum atomic E-state index is 4.11. The van der Waals surface area contributed by atoms with Crippen LogP contribution in [-0.2, 0) is 0 Å². The van der Waals surface area contributed by atoms with Gasteiger partial charge < -0.3 is 9.47 Å². The standard InChI is InChI=1S/C38H25BrN2/c39-38-36(18-9-19-37(38)41-34-16-7-5-14-32(34)33-15-6-8-17-35(33)41)40(30-22-20-26-10-1-3-12-28(26)24-30)31-23-21-27-11-2-4-13-29(27)25-31/h1-25H. The van der Waals surface area contributed by atoms with Crippen molar-refractivity contribution in [2.75, 3.05) is 4.90 Å². The van der Waals surface area contributed by atoms with Gasteiger partial charge in [-0.3, -0.25) is 0 Å². The maximum absolute atomic E-state index is 4.11. The quantitative estimate of drug-likeness (QED) is 0.198. The number of hydrogen-bond acceptors (Lipinski definition) is 1. The highest BCUT2D eigenvalue weighted by atomic mass is 79.9. The molecule has 3 heteroatoms. The van der Waals surface area contributed by atoms with Gasteiger partial charge in [-0.15, -0.1) is 0 Å². The van der Waals surface area contributed by atoms with Crippen LogP contribution in [0, 0.1) is 0 Å². The van der Waals surface area contributed by atoms with Gasteiger partial charge in [-0.2, -0.15) is 0 Å². The first-order valence-electron chi connectivity index (χ1n) is 13.8. The van der Waals surface area contributed by atoms with E-state index in [1.807, 2.05) is 0 Å². The second kappa shape index (κ2) is 9.65. The third kappa shape index (κ3) is 3.93. The number of aromatic nitrogens is 1. The molecule has 0 radical (unpaired) electrons. The van der Waals surface area contributed by atoms with Gasteiger partial charge in [0.25, 0.3) is 0 Å². The van der Waals surface area contributed by atoms with Gasteiger partial charge in [0, 0.05) is 22.1 Å². The minimum Gasteiger partial charge on any atom is -0.309 e. The number of nitrogens with zero attached hydrogens (tertiary/aromatic N) is 2. The molecular weight excluding hydrogens is 564 g/mol. The Hall–Kier alpha value is -4.86. The van der Waals surface area contributed by atoms with Crippen LogP contribution in [0.4, 0.5) is 17.1 Å². The lowest BCUT2D eigenvalue weighted by atomic mass is 10.1. The summed E-state index contributed by atoms with van der Waals surface area (Å²) >= 11 is 4.11. The lowest BCUT2D eigenvalue weighted by molar-refractivity contribution is 1.16. The van der Waals surface area contributed by atoms with Crippen LogP contribution >= 0.6 is 15.9 Å². The molecule has 0 fully saturated rings. The summed E-state index contributed by atoms with van der Waals surface area (Å²) in [7, 11) is 0. The largest absolute Gasteiger partial charge is 0.309 e. The molecule has 1 heterocycles. The van der Waals surface area contributed by atoms with Crippen molar-refractivity contribution in [2.45, 2.75) is 0 Å². The minimum absolute atomic E-state index is 1.04. The molecule has 41 heavy (non-hydrogen) atoms. The zero-order chi connectivity index (χ0) is 27.3. The van der Waals surface area contributed by atoms with Crippen LogP contribution in [0.5, 0.6) is 0 Å². The number of para-hydroxylation sites is 2. The summed E-state index contributed by atoms with van der Waals surface area (Å²) in [6.07, 6.45) is 0. The fraction of sp³-hybridized carbons (Fsp3) is 0. The van der Waals surface area contributed by atoms with Crippen LogP contribution in [0.2, 0.25) is 0 Å². The normalized spacial score (nSPS) is 11.5. The number of hydrogen-bond donors (Lipinski definition) is 0. The molecule has 0 saturated carbocycles. The third-order valence-electron chi connectivity index (χ3n) is 8.00. The highest BCUT2D eigenvalue weighted by Crippen LogP contribution is 2.44. The second-order valence-corrected chi connectivity index (χ2v) is 11.2. The number of benzene rings is 7. The molecule has 0 unspecified atom stereocenters. The summed E-state index contributed by atoms with van der Waals surface area (Å²) in [4.78, 5) is 2.36. The average molecular weight is 590 g/mol. The van der Waals surface area contributed by atoms with E-state index in [0.29, 0.717) is 0 Å². The van der Waals surface area contributed by atoms with Crippen LogP contribution in [0.25, 0.3) is 49.0 Å². The van der Waals surface area contributed by atoms with E-state index in [4.69, 9.17) is 0 Å². The Morgan fingerprint density at radius 1 is 0.439 bits per heavy atom. The minimum atomic E-state index is 1.04. The van der Waals surface area contributed by atoms with Gasteiger partial charge >= 0.3 is 0 Å². The topological polar surface area (TPSA) is 8.17 Å². The number of halogens is 1. The Kier molecular flexibility index (Phi) is 5.65. The molecule has 8 rings (SSSR count). The Balaban J connectivity index is 1.40. The lowest BCUT2D eigenvalue weighted by Crippen LogP contribution is -2.11. The predicted octanol–water partition coefficient (Wildman–Crippen LogP) is 11.3. The highest BCUT2D eigenvalue weighted by Gasteiger charge is 2.21. The summed E-state index contributed by atoms with van der Waals surface area (Å²) < 4.78 is 3.41. The van der Waals surface area contributed by atoms with E-state index < -0.39 is 0 Å². The summed E-state index contributed by atoms with van der Waals surface area (Å²) in [5.41, 5.74) is 6.78. The molecule has 0 atom stereocenters. The third-order valence-corrected chi connectivity index (χ3v) is 8.81. The summed E-state index contributed by atoms with van der Waals surface area (Å²) in [6.45, 7) is 0. The molecular formula is C38H25BrN2. The Bertz CT molecular complexity index is 2110. The maximum Gasteiger partial charge on any atom is 0.0656 e. The van der Waals surface area contributed by atoms with Crippen LogP contribution in [0.15, 0.2) is 156 Å². The number of rotatable bonds is 4. The van der Waals surface area contributed by atoms with E-state index in [0.717, 1.165) is 27.2 Å². The highest BCUT2D eigenvalue weighted by molar-refractivity contribution is 9.10. The van der Waals surface area contributed by atoms with Gasteiger partial charge in [-0.05, 0) is 86.0 Å². The molecule has 0 spiro atoms. The molecule has 8 aromatic rings. The van der Waals surface area contributed by atoms with Crippen molar-refractivity contribution in [1.29, 1.82) is 0 Å². The summed E-state index contributed by atoms with van der Waals surface area (Å²) in [5, 5.41) is 7.39. The van der Waals surface area contributed by atoms with Crippen molar-refractivity contribution in [3.63, 3.8) is 0 Å². The molecule has 0 bridgehead atoms. The van der Waals surface area contributed by atoms with Crippen LogP contribution < -0.4 is 4.90 Å². The van der Waals surface area contributed by atoms with Crippen molar-refractivity contribution in [3.8, 4) is 5.69 Å². The van der Waals surface area contributed by atoms with Gasteiger partial charge in [-0.1, -0.05) is 103 Å². The summed E-state index contributed by atoms with van der Waals surface area (Å²) in [5.74, 6) is 0. The van der Waals surface area contributed by atoms with Gasteiger partial charge in [0.05, 0.1) is 26.9 Å². The first-order valence-corrected chi connectivity index (χ1v) is 14.6. The monoisotopic (exact) mass is 588 g/mol. The molecule has 0 amide bonds. The molecule has 0 N–H and O–H groups in total. The van der Waals surface area contributed by atoms with Crippen molar-refractivity contribution in [2.24, 2.45) is 0 Å². The molecule has 7 aromatic carbocycles. The molecule has 1 aromatic heterocycles. The van der Waals surface area contributed by atoms with Crippen LogP contribution in [-0.4, -0.2) is 4.57 Å². The zero-order valence-corrected chi connectivity index (χ0v) is 23.8. The van der Waals surface area contributed by atoms with E-state index in [1.54, 1.807) is 0 Å². The van der Waals surface area contributed by atoms with E-state index in [2.05, 4.69) is 177 Å². The van der Waals surface area contributed by atoms with Crippen LogP contribution in [0.1, 0.15) is 0 Å². The Morgan fingerprint density at radius 3 is 1.49 bits per heavy atom. The second-order valence-electron chi connectivity index (χ2n) is 10.4. The first-order chi connectivity index (χ1) is 20.3. The molecule has 0 aliphatic heterocycles. The van der Waals surface area contributed by atoms with Gasteiger partial charge in [0.15, 0.2) is 0 Å². The van der Waals surface area contributed by atoms with Gasteiger partial charge in [0.2, 0.25) is 0 Å². The fourth-order valence-corrected chi connectivity index (χ4v) is 6.71. The number of anilines is 3. The van der Waals surface area contributed by atoms with Crippen molar-refractivity contribution >= 4 is 76.3 Å². The van der Waals surface area contributed by atoms with Gasteiger partial charge in [0.1, 0.15) is 0 Å². The Labute approximate surface area is 246 Å². The molecule has 194 valence electrons.